The number of allylic oxidation sites excluding steroid dienone is 20. The van der Waals surface area contributed by atoms with Crippen LogP contribution in [0.1, 0.15) is 258 Å². The summed E-state index contributed by atoms with van der Waals surface area (Å²) in [6.07, 6.45) is 81.8. The molecule has 0 saturated heterocycles. The molecule has 0 spiro atoms. The largest absolute Gasteiger partial charge is 0.462 e. The summed E-state index contributed by atoms with van der Waals surface area (Å²) in [4.78, 5) is 38.2. The van der Waals surface area contributed by atoms with E-state index in [-0.39, 0.29) is 31.1 Å². The van der Waals surface area contributed by atoms with Crippen molar-refractivity contribution in [3.8, 4) is 0 Å². The van der Waals surface area contributed by atoms with Crippen molar-refractivity contribution in [2.75, 3.05) is 13.2 Å². The minimum atomic E-state index is -0.804. The van der Waals surface area contributed by atoms with Crippen molar-refractivity contribution in [3.05, 3.63) is 122 Å². The zero-order valence-electron chi connectivity index (χ0n) is 46.7. The number of carbonyl (C=O) groups is 3. The molecule has 0 aliphatic heterocycles. The summed E-state index contributed by atoms with van der Waals surface area (Å²) in [6, 6.07) is 0. The second-order valence-electron chi connectivity index (χ2n) is 19.3. The second-order valence-corrected chi connectivity index (χ2v) is 19.3. The molecule has 0 N–H and O–H groups in total. The summed E-state index contributed by atoms with van der Waals surface area (Å²) in [5, 5.41) is 0. The lowest BCUT2D eigenvalue weighted by Crippen LogP contribution is -2.30. The van der Waals surface area contributed by atoms with E-state index < -0.39 is 6.10 Å². The summed E-state index contributed by atoms with van der Waals surface area (Å²) < 4.78 is 16.9. The van der Waals surface area contributed by atoms with Gasteiger partial charge in [0.2, 0.25) is 0 Å². The van der Waals surface area contributed by atoms with E-state index in [1.807, 2.05) is 24.3 Å². The van der Waals surface area contributed by atoms with Gasteiger partial charge in [0.25, 0.3) is 0 Å². The Balaban J connectivity index is 4.49. The molecule has 0 bridgehead atoms. The Bertz CT molecular complexity index is 1520. The number of hydrogen-bond acceptors (Lipinski definition) is 6. The molecule has 0 aromatic carbocycles. The third kappa shape index (κ3) is 56.7. The molecule has 0 saturated carbocycles. The van der Waals surface area contributed by atoms with Crippen LogP contribution in [0.25, 0.3) is 0 Å². The normalized spacial score (nSPS) is 13.0. The molecule has 0 aromatic heterocycles. The summed E-state index contributed by atoms with van der Waals surface area (Å²) in [5.74, 6) is -0.941. The molecule has 6 nitrogen and oxygen atoms in total. The molecule has 0 fully saturated rings. The predicted octanol–water partition coefficient (Wildman–Crippen LogP) is 20.0. The first-order chi connectivity index (χ1) is 35.5. The molecule has 0 heterocycles. The van der Waals surface area contributed by atoms with Crippen molar-refractivity contribution in [1.82, 2.24) is 0 Å². The number of esters is 3. The van der Waals surface area contributed by atoms with Crippen molar-refractivity contribution >= 4 is 17.9 Å². The van der Waals surface area contributed by atoms with Gasteiger partial charge in [-0.15, -0.1) is 0 Å². The quantitative estimate of drug-likeness (QED) is 0.0199. The van der Waals surface area contributed by atoms with E-state index in [0.29, 0.717) is 19.3 Å². The maximum atomic E-state index is 12.9. The Hall–Kier alpha value is -4.19. The SMILES string of the molecule is CC/C=C\C/C=C\C/C=C\C/C=C\CCCCCCCCC(=O)OCC(COC(=O)CCCCCCCCC/C=C\CCCCCCCC)OC(=O)CCCCCCC\C=C/C=C\C=C/C=C\C=C/CCC. The lowest BCUT2D eigenvalue weighted by atomic mass is 10.1. The monoisotopic (exact) mass is 997 g/mol. The zero-order valence-corrected chi connectivity index (χ0v) is 46.7. The van der Waals surface area contributed by atoms with Crippen LogP contribution in [-0.2, 0) is 28.6 Å². The minimum absolute atomic E-state index is 0.0983. The van der Waals surface area contributed by atoms with Gasteiger partial charge in [-0.3, -0.25) is 14.4 Å². The molecule has 0 radical (unpaired) electrons. The lowest BCUT2D eigenvalue weighted by Gasteiger charge is -2.18. The smallest absolute Gasteiger partial charge is 0.306 e. The molecule has 1 atom stereocenters. The summed E-state index contributed by atoms with van der Waals surface area (Å²) in [5.41, 5.74) is 0. The van der Waals surface area contributed by atoms with E-state index in [0.717, 1.165) is 122 Å². The van der Waals surface area contributed by atoms with Crippen LogP contribution in [0, 0.1) is 0 Å². The Kier molecular flexibility index (Phi) is 55.9. The fourth-order valence-corrected chi connectivity index (χ4v) is 7.87. The van der Waals surface area contributed by atoms with Gasteiger partial charge in [-0.05, 0) is 103 Å². The van der Waals surface area contributed by atoms with Gasteiger partial charge in [0.1, 0.15) is 13.2 Å². The molecule has 0 amide bonds. The molecule has 0 aliphatic carbocycles. The van der Waals surface area contributed by atoms with Gasteiger partial charge >= 0.3 is 17.9 Å². The highest BCUT2D eigenvalue weighted by Crippen LogP contribution is 2.14. The average Bonchev–Trinajstić information content (AvgIpc) is 3.38. The van der Waals surface area contributed by atoms with Crippen LogP contribution in [0.5, 0.6) is 0 Å². The van der Waals surface area contributed by atoms with E-state index in [1.54, 1.807) is 0 Å². The van der Waals surface area contributed by atoms with Gasteiger partial charge in [-0.2, -0.15) is 0 Å². The Morgan fingerprint density at radius 1 is 0.306 bits per heavy atom. The second kappa shape index (κ2) is 59.4. The van der Waals surface area contributed by atoms with E-state index in [4.69, 9.17) is 14.2 Å². The number of carbonyl (C=O) groups excluding carboxylic acids is 3. The van der Waals surface area contributed by atoms with Crippen molar-refractivity contribution < 1.29 is 28.6 Å². The predicted molar refractivity (Wildman–Crippen MR) is 311 cm³/mol. The first-order valence-corrected chi connectivity index (χ1v) is 29.6. The molecule has 0 aliphatic rings. The number of unbranched alkanes of at least 4 members (excludes halogenated alkanes) is 25. The highest BCUT2D eigenvalue weighted by Gasteiger charge is 2.19. The van der Waals surface area contributed by atoms with Crippen LogP contribution in [0.2, 0.25) is 0 Å². The van der Waals surface area contributed by atoms with Crippen LogP contribution in [0.3, 0.4) is 0 Å². The van der Waals surface area contributed by atoms with E-state index in [2.05, 4.69) is 118 Å². The van der Waals surface area contributed by atoms with Gasteiger partial charge in [0.15, 0.2) is 6.10 Å². The molecule has 72 heavy (non-hydrogen) atoms. The van der Waals surface area contributed by atoms with Crippen LogP contribution in [0.4, 0.5) is 0 Å². The van der Waals surface area contributed by atoms with E-state index in [1.165, 1.54) is 96.3 Å². The molecule has 1 unspecified atom stereocenters. The average molecular weight is 998 g/mol. The molecule has 0 aromatic rings. The third-order valence-corrected chi connectivity index (χ3v) is 12.3. The Morgan fingerprint density at radius 2 is 0.625 bits per heavy atom. The van der Waals surface area contributed by atoms with Crippen molar-refractivity contribution in [2.45, 2.75) is 264 Å². The van der Waals surface area contributed by atoms with Crippen molar-refractivity contribution in [2.24, 2.45) is 0 Å². The van der Waals surface area contributed by atoms with Crippen LogP contribution < -0.4 is 0 Å². The topological polar surface area (TPSA) is 78.9 Å². The Labute approximate surface area is 443 Å². The van der Waals surface area contributed by atoms with Crippen molar-refractivity contribution in [1.29, 1.82) is 0 Å². The van der Waals surface area contributed by atoms with Gasteiger partial charge in [-0.25, -0.2) is 0 Å². The molecular formula is C66H108O6. The highest BCUT2D eigenvalue weighted by molar-refractivity contribution is 5.71. The minimum Gasteiger partial charge on any atom is -0.462 e. The first kappa shape index (κ1) is 67.8. The van der Waals surface area contributed by atoms with E-state index in [9.17, 15) is 14.4 Å². The fourth-order valence-electron chi connectivity index (χ4n) is 7.87. The summed E-state index contributed by atoms with van der Waals surface area (Å²) in [7, 11) is 0. The molecular weight excluding hydrogens is 889 g/mol. The summed E-state index contributed by atoms with van der Waals surface area (Å²) >= 11 is 0. The van der Waals surface area contributed by atoms with Crippen molar-refractivity contribution in [3.63, 3.8) is 0 Å². The van der Waals surface area contributed by atoms with Gasteiger partial charge in [-0.1, -0.05) is 258 Å². The van der Waals surface area contributed by atoms with Gasteiger partial charge < -0.3 is 14.2 Å². The maximum Gasteiger partial charge on any atom is 0.306 e. The molecule has 6 heteroatoms. The van der Waals surface area contributed by atoms with Gasteiger partial charge in [0.05, 0.1) is 0 Å². The standard InChI is InChI=1S/C66H108O6/c1-4-7-10-13-16-19-22-25-28-31-33-36-38-41-44-47-50-53-56-59-65(68)71-62-63(61-70-64(67)58-55-52-49-46-43-40-37-34-30-27-24-21-18-15-12-9-6-3)72-66(69)60-57-54-51-48-45-42-39-35-32-29-26-23-20-17-14-11-8-5-2/h7,10-11,14,16-17,19-20,23,25-30,32-33,35-36,39,63H,4-6,8-9,12-13,15,18,21-22,24,31,34,37-38,40-62H2,1-3H3/b10-7-,14-11-,19-16-,20-17-,26-23-,28-25-,30-27-,32-29-,36-33-,39-35-. The summed E-state index contributed by atoms with van der Waals surface area (Å²) in [6.45, 7) is 6.40. The van der Waals surface area contributed by atoms with E-state index >= 15 is 0 Å². The maximum absolute atomic E-state index is 12.9. The number of ether oxygens (including phenoxy) is 3. The highest BCUT2D eigenvalue weighted by atomic mass is 16.6. The van der Waals surface area contributed by atoms with Gasteiger partial charge in [0, 0.05) is 19.3 Å². The number of hydrogen-bond donors (Lipinski definition) is 0. The lowest BCUT2D eigenvalue weighted by molar-refractivity contribution is -0.167. The molecule has 0 rings (SSSR count). The third-order valence-electron chi connectivity index (χ3n) is 12.3. The van der Waals surface area contributed by atoms with Crippen LogP contribution in [0.15, 0.2) is 122 Å². The number of rotatable bonds is 52. The van der Waals surface area contributed by atoms with Crippen LogP contribution in [-0.4, -0.2) is 37.2 Å². The molecule has 408 valence electrons. The van der Waals surface area contributed by atoms with Crippen LogP contribution >= 0.6 is 0 Å². The zero-order chi connectivity index (χ0) is 52.2. The first-order valence-electron chi connectivity index (χ1n) is 29.6. The Morgan fingerprint density at radius 3 is 1.04 bits per heavy atom. The fraction of sp³-hybridized carbons (Fsp3) is 0.652.